The summed E-state index contributed by atoms with van der Waals surface area (Å²) < 4.78 is 40.5. The first-order valence-corrected chi connectivity index (χ1v) is 6.64. The van der Waals surface area contributed by atoms with Crippen molar-refractivity contribution in [1.82, 2.24) is 0 Å². The van der Waals surface area contributed by atoms with E-state index in [9.17, 15) is 8.42 Å². The summed E-state index contributed by atoms with van der Waals surface area (Å²) in [5.41, 5.74) is 0.338. The number of anilines is 1. The molecule has 3 N–H and O–H groups in total. The van der Waals surface area contributed by atoms with Gasteiger partial charge in [0, 0.05) is 7.05 Å². The van der Waals surface area contributed by atoms with E-state index in [0.29, 0.717) is 22.6 Å². The highest BCUT2D eigenvalue weighted by atomic mass is 32.2. The number of methoxy groups -OCH3 is 1. The number of hydrogen-bond acceptors (Lipinski definition) is 8. The second-order valence-electron chi connectivity index (χ2n) is 2.95. The summed E-state index contributed by atoms with van der Waals surface area (Å²) in [7, 11) is -1.62. The van der Waals surface area contributed by atoms with Crippen molar-refractivity contribution >= 4 is 27.8 Å². The lowest BCUT2D eigenvalue weighted by Gasteiger charge is -2.12. The highest BCUT2D eigenvalue weighted by Crippen LogP contribution is 2.36. The lowest BCUT2D eigenvalue weighted by atomic mass is 10.3. The number of hydrogen-bond donors (Lipinski definition) is 3. The molecular formula is C8H11NO7S2. The molecule has 0 aliphatic carbocycles. The van der Waals surface area contributed by atoms with Gasteiger partial charge in [-0.3, -0.25) is 4.55 Å². The summed E-state index contributed by atoms with van der Waals surface area (Å²) in [6, 6.07) is 2.47. The standard InChI is InChI=1S/C8H11NO7S2/c1-9-5-3-8(18(11,12)13)6(14-2)4-7(5)17-16-15-10/h3-4,9-10H,1-2H3,(H,11,12,13). The normalized spacial score (nSPS) is 11.3. The van der Waals surface area contributed by atoms with Crippen molar-refractivity contribution < 1.29 is 32.3 Å². The molecule has 0 aliphatic heterocycles. The fourth-order valence-electron chi connectivity index (χ4n) is 1.22. The molecule has 10 heteroatoms. The Balaban J connectivity index is 3.32. The SMILES string of the molecule is CNc1cc(S(=O)(=O)O)c(OC)cc1SOOO. The number of rotatable bonds is 6. The van der Waals surface area contributed by atoms with E-state index in [4.69, 9.17) is 14.5 Å². The maximum absolute atomic E-state index is 11.2. The van der Waals surface area contributed by atoms with Gasteiger partial charge in [0.05, 0.1) is 29.7 Å². The quantitative estimate of drug-likeness (QED) is 0.310. The fraction of sp³-hybridized carbons (Fsp3) is 0.250. The minimum Gasteiger partial charge on any atom is -0.495 e. The first-order valence-electron chi connectivity index (χ1n) is 4.46. The van der Waals surface area contributed by atoms with Crippen LogP contribution < -0.4 is 10.1 Å². The van der Waals surface area contributed by atoms with E-state index in [-0.39, 0.29) is 10.6 Å². The van der Waals surface area contributed by atoms with E-state index < -0.39 is 10.1 Å². The van der Waals surface area contributed by atoms with Gasteiger partial charge in [0.1, 0.15) is 10.6 Å². The number of nitrogens with one attached hydrogen (secondary N) is 1. The van der Waals surface area contributed by atoms with Gasteiger partial charge in [-0.25, -0.2) is 5.26 Å². The molecule has 0 aliphatic rings. The van der Waals surface area contributed by atoms with Gasteiger partial charge in [0.15, 0.2) is 0 Å². The van der Waals surface area contributed by atoms with E-state index in [2.05, 4.69) is 14.7 Å². The average Bonchev–Trinajstić information content (AvgIpc) is 2.33. The van der Waals surface area contributed by atoms with Gasteiger partial charge < -0.3 is 10.1 Å². The van der Waals surface area contributed by atoms with Gasteiger partial charge >= 0.3 is 0 Å². The number of benzene rings is 1. The molecule has 8 nitrogen and oxygen atoms in total. The van der Waals surface area contributed by atoms with Crippen LogP contribution in [-0.4, -0.2) is 32.4 Å². The van der Waals surface area contributed by atoms with Crippen LogP contribution in [0.15, 0.2) is 21.9 Å². The second kappa shape index (κ2) is 6.22. The zero-order valence-electron chi connectivity index (χ0n) is 9.41. The first kappa shape index (κ1) is 15.0. The van der Waals surface area contributed by atoms with E-state index in [1.165, 1.54) is 13.2 Å². The van der Waals surface area contributed by atoms with Gasteiger partial charge in [0.25, 0.3) is 10.1 Å². The molecule has 1 aromatic rings. The molecule has 0 amide bonds. The van der Waals surface area contributed by atoms with Crippen LogP contribution in [-0.2, 0) is 19.5 Å². The molecule has 0 radical (unpaired) electrons. The predicted molar refractivity (Wildman–Crippen MR) is 63.0 cm³/mol. The van der Waals surface area contributed by atoms with Crippen LogP contribution in [0.25, 0.3) is 0 Å². The molecule has 0 fully saturated rings. The fourth-order valence-corrected chi connectivity index (χ4v) is 2.39. The van der Waals surface area contributed by atoms with E-state index in [1.807, 2.05) is 0 Å². The zero-order chi connectivity index (χ0) is 13.8. The summed E-state index contributed by atoms with van der Waals surface area (Å²) in [6.45, 7) is 0. The Morgan fingerprint density at radius 3 is 2.50 bits per heavy atom. The van der Waals surface area contributed by atoms with E-state index in [0.717, 1.165) is 6.07 Å². The largest absolute Gasteiger partial charge is 0.495 e. The molecule has 0 heterocycles. The topological polar surface area (TPSA) is 114 Å². The van der Waals surface area contributed by atoms with Crippen molar-refractivity contribution in [2.24, 2.45) is 0 Å². The maximum Gasteiger partial charge on any atom is 0.298 e. The van der Waals surface area contributed by atoms with Crippen LogP contribution in [0.2, 0.25) is 0 Å². The Morgan fingerprint density at radius 2 is 2.06 bits per heavy atom. The Hall–Kier alpha value is -1.04. The molecule has 0 bridgehead atoms. The molecule has 0 atom stereocenters. The number of ether oxygens (including phenoxy) is 1. The van der Waals surface area contributed by atoms with Crippen LogP contribution in [0.1, 0.15) is 0 Å². The Bertz CT molecular complexity index is 516. The van der Waals surface area contributed by atoms with Crippen molar-refractivity contribution in [2.75, 3.05) is 19.5 Å². The third kappa shape index (κ3) is 3.48. The molecule has 0 saturated carbocycles. The monoisotopic (exact) mass is 297 g/mol. The molecule has 0 spiro atoms. The van der Waals surface area contributed by atoms with Crippen molar-refractivity contribution in [3.63, 3.8) is 0 Å². The van der Waals surface area contributed by atoms with E-state index >= 15 is 0 Å². The van der Waals surface area contributed by atoms with E-state index in [1.54, 1.807) is 7.05 Å². The van der Waals surface area contributed by atoms with Crippen molar-refractivity contribution in [1.29, 1.82) is 0 Å². The third-order valence-corrected chi connectivity index (χ3v) is 3.49. The lowest BCUT2D eigenvalue weighted by Crippen LogP contribution is -2.04. The molecule has 1 rings (SSSR count). The van der Waals surface area contributed by atoms with Crippen LogP contribution >= 0.6 is 12.0 Å². The van der Waals surface area contributed by atoms with Gasteiger partial charge in [0.2, 0.25) is 0 Å². The maximum atomic E-state index is 11.2. The van der Waals surface area contributed by atoms with Gasteiger partial charge in [-0.05, 0) is 12.1 Å². The van der Waals surface area contributed by atoms with Crippen LogP contribution in [0.4, 0.5) is 5.69 Å². The molecule has 0 saturated heterocycles. The van der Waals surface area contributed by atoms with Crippen LogP contribution in [0.5, 0.6) is 5.75 Å². The minimum atomic E-state index is -4.41. The van der Waals surface area contributed by atoms with Gasteiger partial charge in [-0.15, -0.1) is 4.33 Å². The Kier molecular flexibility index (Phi) is 5.19. The Morgan fingerprint density at radius 1 is 1.39 bits per heavy atom. The summed E-state index contributed by atoms with van der Waals surface area (Å²) >= 11 is 0.629. The second-order valence-corrected chi connectivity index (χ2v) is 5.08. The summed E-state index contributed by atoms with van der Waals surface area (Å²) in [4.78, 5) is -0.000540. The minimum absolute atomic E-state index is 0.0689. The third-order valence-electron chi connectivity index (χ3n) is 1.97. The van der Waals surface area contributed by atoms with Crippen molar-refractivity contribution in [3.05, 3.63) is 12.1 Å². The van der Waals surface area contributed by atoms with Crippen molar-refractivity contribution in [3.8, 4) is 5.75 Å². The molecule has 0 aromatic heterocycles. The van der Waals surface area contributed by atoms with Gasteiger partial charge in [-0.2, -0.15) is 8.42 Å². The highest BCUT2D eigenvalue weighted by Gasteiger charge is 2.20. The highest BCUT2D eigenvalue weighted by molar-refractivity contribution is 7.94. The van der Waals surface area contributed by atoms with Gasteiger partial charge in [-0.1, -0.05) is 5.04 Å². The lowest BCUT2D eigenvalue weighted by molar-refractivity contribution is -0.432. The summed E-state index contributed by atoms with van der Waals surface area (Å²) in [5.74, 6) is -0.0689. The zero-order valence-corrected chi connectivity index (χ0v) is 11.0. The van der Waals surface area contributed by atoms with Crippen LogP contribution in [0.3, 0.4) is 0 Å². The molecular weight excluding hydrogens is 286 g/mol. The summed E-state index contributed by atoms with van der Waals surface area (Å²) in [5, 5.41) is 14.2. The first-order chi connectivity index (χ1) is 8.43. The van der Waals surface area contributed by atoms with Crippen LogP contribution in [0, 0.1) is 0 Å². The van der Waals surface area contributed by atoms with Crippen molar-refractivity contribution in [2.45, 2.75) is 9.79 Å². The molecule has 18 heavy (non-hydrogen) atoms. The molecule has 0 unspecified atom stereocenters. The molecule has 102 valence electrons. The molecule has 1 aromatic carbocycles. The smallest absolute Gasteiger partial charge is 0.298 e. The Labute approximate surface area is 108 Å². The summed E-state index contributed by atoms with van der Waals surface area (Å²) in [6.07, 6.45) is 0. The average molecular weight is 297 g/mol. The predicted octanol–water partition coefficient (Wildman–Crippen LogP) is 1.41.